The Kier molecular flexibility index (Phi) is 9.70. The molecule has 0 aliphatic heterocycles. The Morgan fingerprint density at radius 3 is 1.98 bits per heavy atom. The van der Waals surface area contributed by atoms with Gasteiger partial charge in [0.15, 0.2) is 5.82 Å². The van der Waals surface area contributed by atoms with E-state index in [0.29, 0.717) is 22.8 Å². The molecule has 0 saturated carbocycles. The molecule has 7 nitrogen and oxygen atoms in total. The second kappa shape index (κ2) is 14.0. The Morgan fingerprint density at radius 2 is 1.28 bits per heavy atom. The minimum atomic E-state index is -0.223. The summed E-state index contributed by atoms with van der Waals surface area (Å²) < 4.78 is 6.35. The standard InChI is InChI=1S/C31H28N5O.C11H8N.Ir/c1-30(2,3)28-34-26(35-29(36-28)31(4,5)6)24-17-15-20-19-11-9-12-21(25(19)37-27(20)33-24)23-16-14-18-10-7-8-13-22(18)32-23;1-2-6-10(7-3-1)11-8-4-5-9-12-11;/h7-11,13-17H,1-6H3;1-6,8-9H;/q2*-1;. The van der Waals surface area contributed by atoms with Crippen molar-refractivity contribution in [3.05, 3.63) is 133 Å². The summed E-state index contributed by atoms with van der Waals surface area (Å²) in [5.74, 6) is 2.04. The van der Waals surface area contributed by atoms with Crippen LogP contribution in [0.4, 0.5) is 0 Å². The molecule has 0 amide bonds. The van der Waals surface area contributed by atoms with Crippen molar-refractivity contribution in [1.29, 1.82) is 0 Å². The summed E-state index contributed by atoms with van der Waals surface area (Å²) in [6.45, 7) is 12.6. The van der Waals surface area contributed by atoms with Crippen molar-refractivity contribution < 1.29 is 24.5 Å². The average Bonchev–Trinajstić information content (AvgIpc) is 3.50. The third kappa shape index (κ3) is 7.23. The topological polar surface area (TPSA) is 90.5 Å². The van der Waals surface area contributed by atoms with E-state index in [9.17, 15) is 0 Å². The molecule has 0 aliphatic carbocycles. The number of aromatic nitrogens is 6. The van der Waals surface area contributed by atoms with Crippen molar-refractivity contribution in [3.63, 3.8) is 0 Å². The molecule has 0 saturated heterocycles. The second-order valence-electron chi connectivity index (χ2n) is 13.9. The Morgan fingerprint density at radius 1 is 0.560 bits per heavy atom. The molecule has 8 heteroatoms. The number of hydrogen-bond acceptors (Lipinski definition) is 7. The zero-order valence-electron chi connectivity index (χ0n) is 28.8. The Labute approximate surface area is 305 Å². The molecule has 5 heterocycles. The van der Waals surface area contributed by atoms with Crippen LogP contribution in [0, 0.1) is 12.1 Å². The van der Waals surface area contributed by atoms with Crippen LogP contribution in [0.2, 0.25) is 0 Å². The van der Waals surface area contributed by atoms with Gasteiger partial charge in [-0.1, -0.05) is 95.0 Å². The third-order valence-corrected chi connectivity index (χ3v) is 8.01. The molecule has 50 heavy (non-hydrogen) atoms. The molecule has 0 fully saturated rings. The van der Waals surface area contributed by atoms with E-state index in [0.717, 1.165) is 55.8 Å². The van der Waals surface area contributed by atoms with Crippen LogP contribution in [0.25, 0.3) is 67.0 Å². The largest absolute Gasteiger partial charge is 0.486 e. The number of para-hydroxylation sites is 1. The van der Waals surface area contributed by atoms with Crippen molar-refractivity contribution in [2.75, 3.05) is 0 Å². The van der Waals surface area contributed by atoms with Gasteiger partial charge in [-0.05, 0) is 41.0 Å². The van der Waals surface area contributed by atoms with E-state index in [4.69, 9.17) is 29.3 Å². The van der Waals surface area contributed by atoms with Crippen molar-refractivity contribution in [2.24, 2.45) is 0 Å². The molecule has 5 aromatic heterocycles. The van der Waals surface area contributed by atoms with Gasteiger partial charge in [0.2, 0.25) is 5.71 Å². The third-order valence-electron chi connectivity index (χ3n) is 8.01. The summed E-state index contributed by atoms with van der Waals surface area (Å²) in [5.41, 5.74) is 6.02. The van der Waals surface area contributed by atoms with E-state index in [1.807, 2.05) is 91.0 Å². The molecular weight excluding hydrogens is 797 g/mol. The van der Waals surface area contributed by atoms with Crippen LogP contribution in [-0.4, -0.2) is 29.9 Å². The van der Waals surface area contributed by atoms with Gasteiger partial charge >= 0.3 is 0 Å². The first kappa shape index (κ1) is 34.7. The molecule has 0 atom stereocenters. The van der Waals surface area contributed by atoms with Gasteiger partial charge in [-0.15, -0.1) is 54.1 Å². The van der Waals surface area contributed by atoms with E-state index in [1.165, 1.54) is 0 Å². The summed E-state index contributed by atoms with van der Waals surface area (Å²) in [6.07, 6.45) is 1.79. The fourth-order valence-corrected chi connectivity index (χ4v) is 5.38. The van der Waals surface area contributed by atoms with E-state index in [1.54, 1.807) is 6.20 Å². The SMILES string of the molecule is CC(C)(C)c1nc(-c2ccc3c(n2)oc2c(-c4ccc5ccccc5n4)[c-]ccc23)nc(C(C)(C)C)n1.[Ir].[c-]1ccccc1-c1ccccn1. The van der Waals surface area contributed by atoms with Gasteiger partial charge < -0.3 is 9.40 Å². The smallest absolute Gasteiger partial charge is 0.216 e. The van der Waals surface area contributed by atoms with Gasteiger partial charge in [-0.25, -0.2) is 19.9 Å². The van der Waals surface area contributed by atoms with Crippen LogP contribution in [0.15, 0.2) is 114 Å². The van der Waals surface area contributed by atoms with Crippen molar-refractivity contribution in [1.82, 2.24) is 29.9 Å². The van der Waals surface area contributed by atoms with E-state index in [-0.39, 0.29) is 30.9 Å². The van der Waals surface area contributed by atoms with Gasteiger partial charge in [-0.2, -0.15) is 0 Å². The summed E-state index contributed by atoms with van der Waals surface area (Å²) >= 11 is 0. The summed E-state index contributed by atoms with van der Waals surface area (Å²) in [6, 6.07) is 40.2. The first-order valence-corrected chi connectivity index (χ1v) is 16.3. The van der Waals surface area contributed by atoms with E-state index < -0.39 is 0 Å². The zero-order valence-corrected chi connectivity index (χ0v) is 31.2. The predicted molar refractivity (Wildman–Crippen MR) is 196 cm³/mol. The molecule has 3 aromatic carbocycles. The number of furan rings is 1. The monoisotopic (exact) mass is 833 g/mol. The first-order valence-electron chi connectivity index (χ1n) is 16.3. The zero-order chi connectivity index (χ0) is 34.2. The minimum absolute atomic E-state index is 0. The first-order chi connectivity index (χ1) is 23.5. The fourth-order valence-electron chi connectivity index (χ4n) is 5.38. The molecule has 1 radical (unpaired) electrons. The maximum absolute atomic E-state index is 6.35. The van der Waals surface area contributed by atoms with Gasteiger partial charge in [-0.3, -0.25) is 4.98 Å². The van der Waals surface area contributed by atoms with Crippen molar-refractivity contribution >= 4 is 33.0 Å². The number of nitrogens with zero attached hydrogens (tertiary/aromatic N) is 6. The summed E-state index contributed by atoms with van der Waals surface area (Å²) in [5, 5.41) is 2.99. The maximum Gasteiger partial charge on any atom is 0.216 e. The van der Waals surface area contributed by atoms with Crippen LogP contribution in [0.5, 0.6) is 0 Å². The van der Waals surface area contributed by atoms with Gasteiger partial charge in [0.05, 0.1) is 11.1 Å². The quantitative estimate of drug-likeness (QED) is 0.164. The molecule has 251 valence electrons. The number of rotatable bonds is 3. The van der Waals surface area contributed by atoms with E-state index in [2.05, 4.69) is 70.8 Å². The van der Waals surface area contributed by atoms with Crippen molar-refractivity contribution in [3.8, 4) is 34.0 Å². The molecule has 0 bridgehead atoms. The Bertz CT molecular complexity index is 2340. The molecular formula is C42H36IrN6O-2. The summed E-state index contributed by atoms with van der Waals surface area (Å²) in [4.78, 5) is 28.3. The summed E-state index contributed by atoms with van der Waals surface area (Å²) in [7, 11) is 0. The molecule has 8 aromatic rings. The predicted octanol–water partition coefficient (Wildman–Crippen LogP) is 9.99. The van der Waals surface area contributed by atoms with Gasteiger partial charge in [0.25, 0.3) is 0 Å². The fraction of sp³-hybridized carbons (Fsp3) is 0.190. The number of benzene rings is 3. The van der Waals surface area contributed by atoms with Crippen LogP contribution >= 0.6 is 0 Å². The average molecular weight is 833 g/mol. The molecule has 0 aliphatic rings. The van der Waals surface area contributed by atoms with E-state index >= 15 is 0 Å². The van der Waals surface area contributed by atoms with Crippen LogP contribution < -0.4 is 0 Å². The maximum atomic E-state index is 6.35. The number of pyridine rings is 3. The van der Waals surface area contributed by atoms with Crippen LogP contribution in [-0.2, 0) is 30.9 Å². The number of fused-ring (bicyclic) bond motifs is 4. The normalized spacial score (nSPS) is 11.6. The number of hydrogen-bond donors (Lipinski definition) is 0. The second-order valence-corrected chi connectivity index (χ2v) is 13.9. The van der Waals surface area contributed by atoms with Crippen LogP contribution in [0.1, 0.15) is 53.2 Å². The van der Waals surface area contributed by atoms with Gasteiger partial charge in [0.1, 0.15) is 17.3 Å². The Balaban J connectivity index is 0.000000281. The minimum Gasteiger partial charge on any atom is -0.486 e. The van der Waals surface area contributed by atoms with Crippen LogP contribution in [0.3, 0.4) is 0 Å². The molecule has 0 unspecified atom stereocenters. The van der Waals surface area contributed by atoms with Crippen molar-refractivity contribution in [2.45, 2.75) is 52.4 Å². The molecule has 0 N–H and O–H groups in total. The Hall–Kier alpha value is -5.17. The molecule has 8 rings (SSSR count). The van der Waals surface area contributed by atoms with Gasteiger partial charge in [0, 0.05) is 42.5 Å². The molecule has 0 spiro atoms.